The molecule has 0 radical (unpaired) electrons. The Bertz CT molecular complexity index is 1310. The second-order valence-electron chi connectivity index (χ2n) is 5.86. The summed E-state index contributed by atoms with van der Waals surface area (Å²) >= 11 is 6.05. The molecule has 2 heterocycles. The molecule has 6 heteroatoms. The maximum absolute atomic E-state index is 12.9. The smallest absolute Gasteiger partial charge is 0.260 e. The summed E-state index contributed by atoms with van der Waals surface area (Å²) in [6, 6.07) is 11.4. The highest BCUT2D eigenvalue weighted by Gasteiger charge is 2.36. The molecule has 0 saturated carbocycles. The first-order chi connectivity index (χ1) is 12.1. The highest BCUT2D eigenvalue weighted by atomic mass is 35.5. The van der Waals surface area contributed by atoms with Gasteiger partial charge in [0.25, 0.3) is 5.56 Å². The Morgan fingerprint density at radius 3 is 2.40 bits per heavy atom. The lowest BCUT2D eigenvalue weighted by Gasteiger charge is -2.12. The summed E-state index contributed by atoms with van der Waals surface area (Å²) in [5, 5.41) is 1.08. The maximum Gasteiger partial charge on any atom is 0.260 e. The van der Waals surface area contributed by atoms with Gasteiger partial charge in [0.2, 0.25) is 5.78 Å². The zero-order valence-electron chi connectivity index (χ0n) is 12.6. The van der Waals surface area contributed by atoms with Crippen molar-refractivity contribution in [1.29, 1.82) is 0 Å². The summed E-state index contributed by atoms with van der Waals surface area (Å²) in [5.74, 6) is -0.900. The van der Waals surface area contributed by atoms with Gasteiger partial charge in [0.1, 0.15) is 0 Å². The molecule has 2 aromatic carbocycles. The van der Waals surface area contributed by atoms with E-state index >= 15 is 0 Å². The molecule has 4 aromatic rings. The van der Waals surface area contributed by atoms with E-state index in [1.54, 1.807) is 42.5 Å². The molecule has 0 saturated heterocycles. The molecular formula is C19H8ClNO4. The van der Waals surface area contributed by atoms with Crippen LogP contribution in [-0.2, 0) is 0 Å². The van der Waals surface area contributed by atoms with Crippen LogP contribution in [0.1, 0.15) is 32.0 Å². The van der Waals surface area contributed by atoms with Gasteiger partial charge in [0, 0.05) is 21.5 Å². The number of nitrogens with one attached hydrogen (secondary N) is 1. The van der Waals surface area contributed by atoms with Crippen molar-refractivity contribution in [2.24, 2.45) is 0 Å². The van der Waals surface area contributed by atoms with Gasteiger partial charge in [-0.3, -0.25) is 14.4 Å². The van der Waals surface area contributed by atoms with Crippen molar-refractivity contribution in [2.75, 3.05) is 0 Å². The quantitative estimate of drug-likeness (QED) is 0.462. The molecule has 25 heavy (non-hydrogen) atoms. The Morgan fingerprint density at radius 2 is 1.64 bits per heavy atom. The van der Waals surface area contributed by atoms with Crippen LogP contribution < -0.4 is 5.56 Å². The normalized spacial score (nSPS) is 13.3. The number of hydrogen-bond donors (Lipinski definition) is 1. The van der Waals surface area contributed by atoms with Crippen molar-refractivity contribution in [3.63, 3.8) is 0 Å². The van der Waals surface area contributed by atoms with Gasteiger partial charge in [0.05, 0.1) is 16.5 Å². The molecule has 5 rings (SSSR count). The Morgan fingerprint density at radius 1 is 0.920 bits per heavy atom. The minimum absolute atomic E-state index is 0.0156. The fourth-order valence-corrected chi connectivity index (χ4v) is 3.52. The average Bonchev–Trinajstić information content (AvgIpc) is 3.02. The van der Waals surface area contributed by atoms with Crippen LogP contribution >= 0.6 is 11.6 Å². The highest BCUT2D eigenvalue weighted by Crippen LogP contribution is 2.36. The van der Waals surface area contributed by atoms with Crippen LogP contribution in [0.15, 0.2) is 51.7 Å². The monoisotopic (exact) mass is 349 g/mol. The van der Waals surface area contributed by atoms with Crippen LogP contribution in [0.2, 0.25) is 5.02 Å². The number of carbonyl (C=O) groups excluding carboxylic acids is 2. The summed E-state index contributed by atoms with van der Waals surface area (Å²) < 4.78 is 5.73. The third kappa shape index (κ3) is 1.76. The molecule has 1 aliphatic rings. The molecule has 0 bridgehead atoms. The van der Waals surface area contributed by atoms with Gasteiger partial charge >= 0.3 is 0 Å². The van der Waals surface area contributed by atoms with Gasteiger partial charge in [0.15, 0.2) is 17.1 Å². The second kappa shape index (κ2) is 4.68. The largest absolute Gasteiger partial charge is 0.451 e. The van der Waals surface area contributed by atoms with Crippen molar-refractivity contribution < 1.29 is 14.0 Å². The van der Waals surface area contributed by atoms with Crippen molar-refractivity contribution in [3.8, 4) is 0 Å². The van der Waals surface area contributed by atoms with E-state index in [-0.39, 0.29) is 33.4 Å². The van der Waals surface area contributed by atoms with E-state index in [2.05, 4.69) is 4.98 Å². The molecule has 2 aromatic heterocycles. The zero-order chi connectivity index (χ0) is 17.3. The SMILES string of the molecule is O=C1c2ccccc2C(=O)c2c1oc1c2c(=O)[nH]c2ccc(Cl)cc21. The first-order valence-electron chi connectivity index (χ1n) is 7.52. The molecule has 0 atom stereocenters. The van der Waals surface area contributed by atoms with E-state index in [0.717, 1.165) is 0 Å². The number of aromatic nitrogens is 1. The number of hydrogen-bond acceptors (Lipinski definition) is 4. The third-order valence-electron chi connectivity index (χ3n) is 4.46. The molecule has 120 valence electrons. The first kappa shape index (κ1) is 14.2. The van der Waals surface area contributed by atoms with Crippen LogP contribution in [0.5, 0.6) is 0 Å². The number of halogens is 1. The predicted molar refractivity (Wildman–Crippen MR) is 92.7 cm³/mol. The number of carbonyl (C=O) groups is 2. The van der Waals surface area contributed by atoms with Crippen molar-refractivity contribution in [2.45, 2.75) is 0 Å². The van der Waals surface area contributed by atoms with Gasteiger partial charge in [-0.15, -0.1) is 0 Å². The fourth-order valence-electron chi connectivity index (χ4n) is 3.35. The van der Waals surface area contributed by atoms with Crippen LogP contribution in [-0.4, -0.2) is 16.6 Å². The van der Waals surface area contributed by atoms with Crippen LogP contribution in [0.25, 0.3) is 21.9 Å². The number of rotatable bonds is 0. The lowest BCUT2D eigenvalue weighted by Crippen LogP contribution is -2.20. The Kier molecular flexibility index (Phi) is 2.65. The van der Waals surface area contributed by atoms with E-state index in [1.165, 1.54) is 0 Å². The van der Waals surface area contributed by atoms with Gasteiger partial charge in [-0.25, -0.2) is 0 Å². The summed E-state index contributed by atoms with van der Waals surface area (Å²) in [6.45, 7) is 0. The van der Waals surface area contributed by atoms with Gasteiger partial charge in [-0.2, -0.15) is 0 Å². The Labute approximate surface area is 144 Å². The van der Waals surface area contributed by atoms with Crippen molar-refractivity contribution in [3.05, 3.63) is 80.3 Å². The molecule has 5 nitrogen and oxygen atoms in total. The number of benzene rings is 2. The molecule has 0 aliphatic heterocycles. The fraction of sp³-hybridized carbons (Fsp3) is 0. The number of aromatic amines is 1. The summed E-state index contributed by atoms with van der Waals surface area (Å²) in [5.41, 5.74) is 0.800. The van der Waals surface area contributed by atoms with Crippen LogP contribution in [0, 0.1) is 0 Å². The number of pyridine rings is 1. The van der Waals surface area contributed by atoms with Gasteiger partial charge in [-0.05, 0) is 18.2 Å². The average molecular weight is 350 g/mol. The predicted octanol–water partition coefficient (Wildman–Crippen LogP) is 3.70. The van der Waals surface area contributed by atoms with Gasteiger partial charge in [-0.1, -0.05) is 35.9 Å². The highest BCUT2D eigenvalue weighted by molar-refractivity contribution is 6.33. The van der Waals surface area contributed by atoms with Crippen molar-refractivity contribution in [1.82, 2.24) is 4.98 Å². The van der Waals surface area contributed by atoms with Crippen LogP contribution in [0.4, 0.5) is 0 Å². The van der Waals surface area contributed by atoms with Crippen LogP contribution in [0.3, 0.4) is 0 Å². The lowest BCUT2D eigenvalue weighted by molar-refractivity contribution is 0.0962. The standard InChI is InChI=1S/C19H8ClNO4/c20-8-5-6-12-11(7-8)17-14(19(24)21-12)13-15(22)9-3-1-2-4-10(9)16(23)18(13)25-17/h1-7H,(H,21,24). The molecule has 0 fully saturated rings. The number of H-pyrrole nitrogens is 1. The van der Waals surface area contributed by atoms with E-state index in [1.807, 2.05) is 0 Å². The molecule has 0 amide bonds. The number of furan rings is 1. The van der Waals surface area contributed by atoms with Gasteiger partial charge < -0.3 is 9.40 Å². The summed E-state index contributed by atoms with van der Waals surface area (Å²) in [7, 11) is 0. The molecule has 1 N–H and O–H groups in total. The number of ketones is 2. The Balaban J connectivity index is 1.99. The van der Waals surface area contributed by atoms with E-state index in [4.69, 9.17) is 16.0 Å². The second-order valence-corrected chi connectivity index (χ2v) is 6.29. The topological polar surface area (TPSA) is 80.1 Å². The lowest BCUT2D eigenvalue weighted by atomic mass is 9.87. The molecule has 1 aliphatic carbocycles. The van der Waals surface area contributed by atoms with E-state index in [0.29, 0.717) is 15.9 Å². The zero-order valence-corrected chi connectivity index (χ0v) is 13.3. The summed E-state index contributed by atoms with van der Waals surface area (Å²) in [6.07, 6.45) is 0. The van der Waals surface area contributed by atoms with Crippen molar-refractivity contribution >= 4 is 45.0 Å². The van der Waals surface area contributed by atoms with E-state index in [9.17, 15) is 14.4 Å². The molecular weight excluding hydrogens is 342 g/mol. The minimum Gasteiger partial charge on any atom is -0.451 e. The molecule has 0 unspecified atom stereocenters. The maximum atomic E-state index is 12.9. The Hall–Kier alpha value is -3.18. The first-order valence-corrected chi connectivity index (χ1v) is 7.90. The number of fused-ring (bicyclic) bond motifs is 6. The summed E-state index contributed by atoms with van der Waals surface area (Å²) in [4.78, 5) is 40.9. The minimum atomic E-state index is -0.477. The third-order valence-corrected chi connectivity index (χ3v) is 4.69. The molecule has 0 spiro atoms. The van der Waals surface area contributed by atoms with E-state index < -0.39 is 17.1 Å².